The Morgan fingerprint density at radius 1 is 1.06 bits per heavy atom. The normalized spacial score (nSPS) is 10.9. The van der Waals surface area contributed by atoms with Gasteiger partial charge in [-0.15, -0.1) is 10.2 Å². The van der Waals surface area contributed by atoms with E-state index in [0.29, 0.717) is 18.7 Å². The fraction of sp³-hybridized carbons (Fsp3) is 0.154. The van der Waals surface area contributed by atoms with Crippen LogP contribution in [-0.2, 0) is 13.0 Å². The van der Waals surface area contributed by atoms with Gasteiger partial charge >= 0.3 is 0 Å². The molecule has 0 fully saturated rings. The van der Waals surface area contributed by atoms with Gasteiger partial charge in [0.05, 0.1) is 0 Å². The fourth-order valence-corrected chi connectivity index (χ4v) is 2.01. The van der Waals surface area contributed by atoms with Crippen LogP contribution < -0.4 is 5.73 Å². The lowest BCUT2D eigenvalue weighted by molar-refractivity contribution is 0.912. The molecule has 3 rings (SSSR count). The van der Waals surface area contributed by atoms with Crippen LogP contribution in [0.4, 0.5) is 0 Å². The van der Waals surface area contributed by atoms with Crippen LogP contribution in [0.15, 0.2) is 42.7 Å². The molecule has 5 nitrogen and oxygen atoms in total. The second-order valence-electron chi connectivity index (χ2n) is 4.06. The zero-order valence-electron chi connectivity index (χ0n) is 9.82. The number of nitrogens with two attached hydrogens (primary N) is 1. The highest BCUT2D eigenvalue weighted by molar-refractivity contribution is 5.32. The summed E-state index contributed by atoms with van der Waals surface area (Å²) in [5.74, 6) is 1.50. The summed E-state index contributed by atoms with van der Waals surface area (Å²) in [5.41, 5.74) is 8.05. The minimum atomic E-state index is 0.533. The minimum Gasteiger partial charge on any atom is -0.326 e. The van der Waals surface area contributed by atoms with Crippen molar-refractivity contribution in [3.63, 3.8) is 0 Å². The maximum Gasteiger partial charge on any atom is 0.254 e. The third-order valence-electron chi connectivity index (χ3n) is 2.95. The van der Waals surface area contributed by atoms with Gasteiger partial charge in [0.1, 0.15) is 5.82 Å². The number of benzene rings is 1. The fourth-order valence-electron chi connectivity index (χ4n) is 2.01. The number of aromatic nitrogens is 4. The Balaban J connectivity index is 2.01. The van der Waals surface area contributed by atoms with E-state index in [9.17, 15) is 0 Å². The predicted molar refractivity (Wildman–Crippen MR) is 67.9 cm³/mol. The molecule has 0 saturated carbocycles. The van der Waals surface area contributed by atoms with Crippen molar-refractivity contribution < 1.29 is 0 Å². The first-order chi connectivity index (χ1) is 8.88. The van der Waals surface area contributed by atoms with Crippen LogP contribution in [0.1, 0.15) is 17.0 Å². The molecule has 0 bridgehead atoms. The summed E-state index contributed by atoms with van der Waals surface area (Å²) >= 11 is 0. The van der Waals surface area contributed by atoms with Crippen molar-refractivity contribution in [2.24, 2.45) is 5.73 Å². The lowest BCUT2D eigenvalue weighted by Gasteiger charge is -2.05. The van der Waals surface area contributed by atoms with E-state index in [2.05, 4.69) is 21.2 Å². The van der Waals surface area contributed by atoms with Crippen LogP contribution in [-0.4, -0.2) is 19.6 Å². The molecule has 0 unspecified atom stereocenters. The lowest BCUT2D eigenvalue weighted by atomic mass is 10.0. The molecule has 90 valence electrons. The molecule has 2 N–H and O–H groups in total. The molecule has 18 heavy (non-hydrogen) atoms. The first-order valence-corrected chi connectivity index (χ1v) is 5.80. The Labute approximate surface area is 104 Å². The number of fused-ring (bicyclic) bond motifs is 1. The summed E-state index contributed by atoms with van der Waals surface area (Å²) in [6.07, 6.45) is 4.34. The van der Waals surface area contributed by atoms with Crippen molar-refractivity contribution in [3.8, 4) is 0 Å². The Morgan fingerprint density at radius 2 is 1.89 bits per heavy atom. The summed E-state index contributed by atoms with van der Waals surface area (Å²) in [7, 11) is 0. The third-order valence-corrected chi connectivity index (χ3v) is 2.95. The predicted octanol–water partition coefficient (Wildman–Crippen LogP) is 1.17. The topological polar surface area (TPSA) is 69.1 Å². The van der Waals surface area contributed by atoms with E-state index >= 15 is 0 Å². The number of rotatable bonds is 3. The van der Waals surface area contributed by atoms with Gasteiger partial charge in [-0.25, -0.2) is 4.98 Å². The van der Waals surface area contributed by atoms with E-state index in [-0.39, 0.29) is 0 Å². The molecule has 0 spiro atoms. The van der Waals surface area contributed by atoms with E-state index in [0.717, 1.165) is 11.4 Å². The molecular weight excluding hydrogens is 226 g/mol. The molecule has 0 aliphatic carbocycles. The highest BCUT2D eigenvalue weighted by Gasteiger charge is 2.08. The summed E-state index contributed by atoms with van der Waals surface area (Å²) < 4.78 is 1.90. The number of hydrogen-bond donors (Lipinski definition) is 1. The molecule has 2 aromatic heterocycles. The van der Waals surface area contributed by atoms with Gasteiger partial charge in [-0.3, -0.25) is 4.40 Å². The summed E-state index contributed by atoms with van der Waals surface area (Å²) in [4.78, 5) is 4.15. The van der Waals surface area contributed by atoms with Crippen molar-refractivity contribution in [2.75, 3.05) is 0 Å². The molecule has 3 aromatic rings. The molecule has 0 saturated heterocycles. The van der Waals surface area contributed by atoms with Crippen molar-refractivity contribution in [2.45, 2.75) is 13.0 Å². The quantitative estimate of drug-likeness (QED) is 0.745. The largest absolute Gasteiger partial charge is 0.326 e. The van der Waals surface area contributed by atoms with E-state index in [1.807, 2.05) is 34.9 Å². The monoisotopic (exact) mass is 239 g/mol. The van der Waals surface area contributed by atoms with Gasteiger partial charge in [0, 0.05) is 25.4 Å². The average molecular weight is 239 g/mol. The Bertz CT molecular complexity index is 674. The minimum absolute atomic E-state index is 0.533. The molecule has 0 aliphatic heterocycles. The summed E-state index contributed by atoms with van der Waals surface area (Å²) in [6.45, 7) is 0.533. The van der Waals surface area contributed by atoms with Crippen LogP contribution in [0.3, 0.4) is 0 Å². The summed E-state index contributed by atoms with van der Waals surface area (Å²) in [6, 6.07) is 9.98. The van der Waals surface area contributed by atoms with Crippen LogP contribution in [0.25, 0.3) is 5.78 Å². The summed E-state index contributed by atoms with van der Waals surface area (Å²) in [5, 5.41) is 8.22. The highest BCUT2D eigenvalue weighted by atomic mass is 15.3. The van der Waals surface area contributed by atoms with Gasteiger partial charge in [-0.05, 0) is 17.2 Å². The van der Waals surface area contributed by atoms with Crippen molar-refractivity contribution >= 4 is 5.78 Å². The van der Waals surface area contributed by atoms with E-state index < -0.39 is 0 Å². The Hall–Kier alpha value is -2.27. The van der Waals surface area contributed by atoms with Gasteiger partial charge < -0.3 is 5.73 Å². The van der Waals surface area contributed by atoms with Crippen molar-refractivity contribution in [1.82, 2.24) is 19.6 Å². The first kappa shape index (κ1) is 10.9. The molecule has 1 aromatic carbocycles. The molecule has 0 amide bonds. The van der Waals surface area contributed by atoms with E-state index in [1.165, 1.54) is 5.56 Å². The molecule has 0 radical (unpaired) electrons. The Kier molecular flexibility index (Phi) is 2.74. The average Bonchev–Trinajstić information content (AvgIpc) is 2.83. The second kappa shape index (κ2) is 4.54. The Morgan fingerprint density at radius 3 is 2.72 bits per heavy atom. The van der Waals surface area contributed by atoms with Crippen LogP contribution in [0.5, 0.6) is 0 Å². The molecule has 5 heteroatoms. The maximum atomic E-state index is 5.74. The standard InChI is InChI=1S/C13H13N5/c14-9-11-5-2-1-4-10(11)8-12-16-17-13-15-6-3-7-18(12)13/h1-7H,8-9,14H2. The molecular formula is C13H13N5. The third kappa shape index (κ3) is 1.84. The maximum absolute atomic E-state index is 5.74. The molecule has 0 aliphatic rings. The van der Waals surface area contributed by atoms with Crippen molar-refractivity contribution in [1.29, 1.82) is 0 Å². The first-order valence-electron chi connectivity index (χ1n) is 5.80. The zero-order valence-corrected chi connectivity index (χ0v) is 9.82. The SMILES string of the molecule is NCc1ccccc1Cc1nnc2ncccn12. The van der Waals surface area contributed by atoms with Crippen LogP contribution in [0.2, 0.25) is 0 Å². The van der Waals surface area contributed by atoms with Crippen LogP contribution >= 0.6 is 0 Å². The van der Waals surface area contributed by atoms with Gasteiger partial charge in [0.25, 0.3) is 5.78 Å². The van der Waals surface area contributed by atoms with E-state index in [1.54, 1.807) is 6.20 Å². The molecule has 2 heterocycles. The van der Waals surface area contributed by atoms with Crippen LogP contribution in [0, 0.1) is 0 Å². The lowest BCUT2D eigenvalue weighted by Crippen LogP contribution is -2.04. The number of hydrogen-bond acceptors (Lipinski definition) is 4. The van der Waals surface area contributed by atoms with Gasteiger partial charge in [-0.1, -0.05) is 24.3 Å². The van der Waals surface area contributed by atoms with Gasteiger partial charge in [0.2, 0.25) is 0 Å². The van der Waals surface area contributed by atoms with Gasteiger partial charge in [0.15, 0.2) is 0 Å². The number of nitrogens with zero attached hydrogens (tertiary/aromatic N) is 4. The van der Waals surface area contributed by atoms with E-state index in [4.69, 9.17) is 5.73 Å². The zero-order chi connectivity index (χ0) is 12.4. The van der Waals surface area contributed by atoms with Gasteiger partial charge in [-0.2, -0.15) is 0 Å². The van der Waals surface area contributed by atoms with Crippen molar-refractivity contribution in [3.05, 3.63) is 59.7 Å². The second-order valence-corrected chi connectivity index (χ2v) is 4.06. The molecule has 0 atom stereocenters. The highest BCUT2D eigenvalue weighted by Crippen LogP contribution is 2.13. The smallest absolute Gasteiger partial charge is 0.254 e.